The van der Waals surface area contributed by atoms with Crippen molar-refractivity contribution in [2.45, 2.75) is 50.8 Å². The van der Waals surface area contributed by atoms with Gasteiger partial charge < -0.3 is 9.47 Å². The van der Waals surface area contributed by atoms with E-state index < -0.39 is 0 Å². The molecule has 21 heavy (non-hydrogen) atoms. The number of ether oxygens (including phenoxy) is 2. The van der Waals surface area contributed by atoms with Gasteiger partial charge in [-0.2, -0.15) is 0 Å². The van der Waals surface area contributed by atoms with Crippen LogP contribution in [0.5, 0.6) is 11.5 Å². The Morgan fingerprint density at radius 3 is 2.62 bits per heavy atom. The van der Waals surface area contributed by atoms with Gasteiger partial charge >= 0.3 is 0 Å². The zero-order valence-electron chi connectivity index (χ0n) is 13.2. The van der Waals surface area contributed by atoms with Crippen molar-refractivity contribution in [1.82, 2.24) is 0 Å². The summed E-state index contributed by atoms with van der Waals surface area (Å²) in [6.45, 7) is 2.99. The first kappa shape index (κ1) is 16.5. The second-order valence-corrected chi connectivity index (χ2v) is 6.59. The van der Waals surface area contributed by atoms with Gasteiger partial charge in [-0.1, -0.05) is 31.9 Å². The third kappa shape index (κ3) is 4.81. The number of halogens is 1. The first-order valence-electron chi connectivity index (χ1n) is 8.14. The fourth-order valence-electron chi connectivity index (χ4n) is 3.35. The zero-order chi connectivity index (χ0) is 15.1. The zero-order valence-corrected chi connectivity index (χ0v) is 13.9. The van der Waals surface area contributed by atoms with Crippen LogP contribution in [-0.4, -0.2) is 19.1 Å². The summed E-state index contributed by atoms with van der Waals surface area (Å²) in [6.07, 6.45) is 7.37. The molecule has 1 saturated carbocycles. The van der Waals surface area contributed by atoms with Crippen LogP contribution in [0.3, 0.4) is 0 Å². The molecule has 118 valence electrons. The Balaban J connectivity index is 1.81. The summed E-state index contributed by atoms with van der Waals surface area (Å²) in [6, 6.07) is 7.81. The largest absolute Gasteiger partial charge is 0.493 e. The second-order valence-electron chi connectivity index (χ2n) is 6.03. The molecule has 0 saturated heterocycles. The maximum absolute atomic E-state index is 6.51. The standard InChI is InChI=1S/C18H27ClO2/c1-3-6-14-9-10-16(19)15(13-14)11-12-21-18-8-5-4-7-17(18)20-2/h4-5,7-8,14-16H,3,6,9-13H2,1-2H3. The predicted molar refractivity (Wildman–Crippen MR) is 88.5 cm³/mol. The highest BCUT2D eigenvalue weighted by Crippen LogP contribution is 2.37. The van der Waals surface area contributed by atoms with Crippen molar-refractivity contribution in [1.29, 1.82) is 0 Å². The SMILES string of the molecule is CCCC1CCC(Cl)C(CCOc2ccccc2OC)C1. The Kier molecular flexibility index (Phi) is 6.69. The van der Waals surface area contributed by atoms with Gasteiger partial charge in [-0.25, -0.2) is 0 Å². The normalized spacial score (nSPS) is 25.6. The Hall–Kier alpha value is -0.890. The number of para-hydroxylation sites is 2. The predicted octanol–water partition coefficient (Wildman–Crippen LogP) is 5.29. The second kappa shape index (κ2) is 8.53. The van der Waals surface area contributed by atoms with Gasteiger partial charge in [0, 0.05) is 5.38 Å². The summed E-state index contributed by atoms with van der Waals surface area (Å²) < 4.78 is 11.2. The maximum atomic E-state index is 6.51. The number of hydrogen-bond acceptors (Lipinski definition) is 2. The molecule has 0 heterocycles. The van der Waals surface area contributed by atoms with E-state index in [4.69, 9.17) is 21.1 Å². The van der Waals surface area contributed by atoms with Crippen LogP contribution in [0.15, 0.2) is 24.3 Å². The molecule has 2 nitrogen and oxygen atoms in total. The van der Waals surface area contributed by atoms with Crippen LogP contribution in [-0.2, 0) is 0 Å². The van der Waals surface area contributed by atoms with Crippen LogP contribution < -0.4 is 9.47 Å². The highest BCUT2D eigenvalue weighted by atomic mass is 35.5. The van der Waals surface area contributed by atoms with Crippen molar-refractivity contribution in [3.8, 4) is 11.5 Å². The molecule has 3 unspecified atom stereocenters. The van der Waals surface area contributed by atoms with E-state index in [1.54, 1.807) is 7.11 Å². The van der Waals surface area contributed by atoms with Gasteiger partial charge in [0.25, 0.3) is 0 Å². The summed E-state index contributed by atoms with van der Waals surface area (Å²) in [7, 11) is 1.67. The lowest BCUT2D eigenvalue weighted by Gasteiger charge is -2.33. The van der Waals surface area contributed by atoms with Crippen LogP contribution >= 0.6 is 11.6 Å². The van der Waals surface area contributed by atoms with Crippen molar-refractivity contribution in [2.24, 2.45) is 11.8 Å². The van der Waals surface area contributed by atoms with Crippen molar-refractivity contribution >= 4 is 11.6 Å². The molecule has 2 rings (SSSR count). The maximum Gasteiger partial charge on any atom is 0.161 e. The molecule has 1 aromatic carbocycles. The van der Waals surface area contributed by atoms with Crippen LogP contribution in [0.2, 0.25) is 0 Å². The highest BCUT2D eigenvalue weighted by Gasteiger charge is 2.28. The Morgan fingerprint density at radius 2 is 1.90 bits per heavy atom. The molecule has 1 aromatic rings. The number of alkyl halides is 1. The lowest BCUT2D eigenvalue weighted by atomic mass is 9.78. The molecule has 0 N–H and O–H groups in total. The molecule has 1 fully saturated rings. The molecular formula is C18H27ClO2. The average Bonchev–Trinajstić information content (AvgIpc) is 2.51. The van der Waals surface area contributed by atoms with Gasteiger partial charge in [0.1, 0.15) is 0 Å². The van der Waals surface area contributed by atoms with Gasteiger partial charge in [0.2, 0.25) is 0 Å². The Morgan fingerprint density at radius 1 is 1.14 bits per heavy atom. The molecule has 0 bridgehead atoms. The van der Waals surface area contributed by atoms with E-state index in [9.17, 15) is 0 Å². The van der Waals surface area contributed by atoms with Crippen molar-refractivity contribution in [2.75, 3.05) is 13.7 Å². The van der Waals surface area contributed by atoms with Crippen LogP contribution in [0.25, 0.3) is 0 Å². The van der Waals surface area contributed by atoms with Crippen molar-refractivity contribution in [3.05, 3.63) is 24.3 Å². The fraction of sp³-hybridized carbons (Fsp3) is 0.667. The molecule has 0 radical (unpaired) electrons. The number of benzene rings is 1. The Bertz CT molecular complexity index is 421. The van der Waals surface area contributed by atoms with Crippen LogP contribution in [0, 0.1) is 11.8 Å². The summed E-state index contributed by atoms with van der Waals surface area (Å²) in [5.74, 6) is 3.08. The molecule has 0 aliphatic heterocycles. The first-order chi connectivity index (χ1) is 10.2. The van der Waals surface area contributed by atoms with Crippen molar-refractivity contribution < 1.29 is 9.47 Å². The summed E-state index contributed by atoms with van der Waals surface area (Å²) >= 11 is 6.51. The third-order valence-electron chi connectivity index (χ3n) is 4.51. The fourth-order valence-corrected chi connectivity index (χ4v) is 3.71. The third-order valence-corrected chi connectivity index (χ3v) is 5.09. The van der Waals surface area contributed by atoms with Gasteiger partial charge in [0.15, 0.2) is 11.5 Å². The van der Waals surface area contributed by atoms with E-state index in [0.29, 0.717) is 17.9 Å². The summed E-state index contributed by atoms with van der Waals surface area (Å²) in [5, 5.41) is 0.319. The number of hydrogen-bond donors (Lipinski definition) is 0. The highest BCUT2D eigenvalue weighted by molar-refractivity contribution is 6.20. The minimum Gasteiger partial charge on any atom is -0.493 e. The smallest absolute Gasteiger partial charge is 0.161 e. The quantitative estimate of drug-likeness (QED) is 0.637. The van der Waals surface area contributed by atoms with E-state index in [2.05, 4.69) is 6.92 Å². The van der Waals surface area contributed by atoms with Crippen LogP contribution in [0.4, 0.5) is 0 Å². The molecule has 3 heteroatoms. The monoisotopic (exact) mass is 310 g/mol. The van der Waals surface area contributed by atoms with E-state index in [1.165, 1.54) is 25.7 Å². The molecule has 3 atom stereocenters. The van der Waals surface area contributed by atoms with E-state index in [-0.39, 0.29) is 0 Å². The first-order valence-corrected chi connectivity index (χ1v) is 8.58. The lowest BCUT2D eigenvalue weighted by Crippen LogP contribution is -2.27. The molecule has 1 aliphatic carbocycles. The summed E-state index contributed by atoms with van der Waals surface area (Å²) in [4.78, 5) is 0. The van der Waals surface area contributed by atoms with E-state index in [1.807, 2.05) is 24.3 Å². The molecule has 1 aliphatic rings. The van der Waals surface area contributed by atoms with Crippen LogP contribution in [0.1, 0.15) is 45.4 Å². The summed E-state index contributed by atoms with van der Waals surface area (Å²) in [5.41, 5.74) is 0. The number of rotatable bonds is 7. The van der Waals surface area contributed by atoms with Gasteiger partial charge in [-0.3, -0.25) is 0 Å². The van der Waals surface area contributed by atoms with Gasteiger partial charge in [-0.15, -0.1) is 11.6 Å². The van der Waals surface area contributed by atoms with E-state index in [0.717, 1.165) is 30.3 Å². The minimum absolute atomic E-state index is 0.319. The molecule has 0 spiro atoms. The number of methoxy groups -OCH3 is 1. The lowest BCUT2D eigenvalue weighted by molar-refractivity contribution is 0.204. The van der Waals surface area contributed by atoms with Gasteiger partial charge in [0.05, 0.1) is 13.7 Å². The van der Waals surface area contributed by atoms with Gasteiger partial charge in [-0.05, 0) is 49.7 Å². The van der Waals surface area contributed by atoms with E-state index >= 15 is 0 Å². The molecule has 0 aromatic heterocycles. The topological polar surface area (TPSA) is 18.5 Å². The molecule has 0 amide bonds. The molecular weight excluding hydrogens is 284 g/mol. The van der Waals surface area contributed by atoms with Crippen molar-refractivity contribution in [3.63, 3.8) is 0 Å². The average molecular weight is 311 g/mol. The Labute approximate surface area is 133 Å². The minimum atomic E-state index is 0.319.